The number of fused-ring (bicyclic) bond motifs is 4. The third kappa shape index (κ3) is 2.86. The monoisotopic (exact) mass is 286 g/mol. The number of likely N-dealkylation sites (tertiary alicyclic amines) is 1. The lowest BCUT2D eigenvalue weighted by molar-refractivity contribution is -0.144. The maximum absolute atomic E-state index is 11.9. The lowest BCUT2D eigenvalue weighted by Gasteiger charge is -2.42. The van der Waals surface area contributed by atoms with Crippen molar-refractivity contribution in [1.82, 2.24) is 9.47 Å². The standard InChI is InChI=1S/C16H18N2O3/c1-2-6-21-16(20)11-17-8-12-7-13(10-17)14-4-3-5-15(19)18(14)9-12/h1,3-5,12-13H,6-11H2/t12-,13-/m1/s1. The number of esters is 1. The van der Waals surface area contributed by atoms with E-state index in [1.165, 1.54) is 0 Å². The van der Waals surface area contributed by atoms with Gasteiger partial charge in [0.2, 0.25) is 0 Å². The van der Waals surface area contributed by atoms with E-state index < -0.39 is 0 Å². The molecule has 5 nitrogen and oxygen atoms in total. The third-order valence-corrected chi connectivity index (χ3v) is 4.22. The van der Waals surface area contributed by atoms with Crippen molar-refractivity contribution in [3.8, 4) is 12.3 Å². The smallest absolute Gasteiger partial charge is 0.321 e. The second kappa shape index (κ2) is 5.74. The number of ether oxygens (including phenoxy) is 1. The second-order valence-electron chi connectivity index (χ2n) is 5.76. The van der Waals surface area contributed by atoms with Gasteiger partial charge in [0.15, 0.2) is 6.61 Å². The first-order valence-electron chi connectivity index (χ1n) is 7.18. The Labute approximate surface area is 123 Å². The average molecular weight is 286 g/mol. The number of piperidine rings is 1. The molecule has 0 aromatic carbocycles. The van der Waals surface area contributed by atoms with Crippen molar-refractivity contribution in [1.29, 1.82) is 0 Å². The number of hydrogen-bond donors (Lipinski definition) is 0. The molecular formula is C16H18N2O3. The van der Waals surface area contributed by atoms with E-state index in [0.29, 0.717) is 11.8 Å². The predicted octanol–water partition coefficient (Wildman–Crippen LogP) is 0.444. The fourth-order valence-electron chi connectivity index (χ4n) is 3.48. The minimum atomic E-state index is -0.279. The summed E-state index contributed by atoms with van der Waals surface area (Å²) in [5.74, 6) is 2.74. The number of hydrogen-bond acceptors (Lipinski definition) is 4. The zero-order valence-electron chi connectivity index (χ0n) is 11.8. The minimum absolute atomic E-state index is 0.0256. The summed E-state index contributed by atoms with van der Waals surface area (Å²) in [5, 5.41) is 0. The van der Waals surface area contributed by atoms with Gasteiger partial charge < -0.3 is 9.30 Å². The maximum Gasteiger partial charge on any atom is 0.321 e. The van der Waals surface area contributed by atoms with Gasteiger partial charge in [0, 0.05) is 37.3 Å². The number of terminal acetylenes is 1. The maximum atomic E-state index is 11.9. The van der Waals surface area contributed by atoms with Gasteiger partial charge >= 0.3 is 5.97 Å². The Morgan fingerprint density at radius 1 is 1.38 bits per heavy atom. The number of aromatic nitrogens is 1. The minimum Gasteiger partial charge on any atom is -0.452 e. The van der Waals surface area contributed by atoms with Crippen molar-refractivity contribution in [3.63, 3.8) is 0 Å². The zero-order valence-corrected chi connectivity index (χ0v) is 11.8. The summed E-state index contributed by atoms with van der Waals surface area (Å²) in [7, 11) is 0. The van der Waals surface area contributed by atoms with E-state index in [9.17, 15) is 9.59 Å². The van der Waals surface area contributed by atoms with Crippen LogP contribution in [0.4, 0.5) is 0 Å². The van der Waals surface area contributed by atoms with Gasteiger partial charge in [0.05, 0.1) is 6.54 Å². The van der Waals surface area contributed by atoms with Crippen LogP contribution in [0.1, 0.15) is 18.0 Å². The van der Waals surface area contributed by atoms with Crippen LogP contribution >= 0.6 is 0 Å². The largest absolute Gasteiger partial charge is 0.452 e. The number of carbonyl (C=O) groups is 1. The quantitative estimate of drug-likeness (QED) is 0.598. The SMILES string of the molecule is C#CCOC(=O)CN1C[C@H]2C[C@H](C1)c1cccc(=O)n1C2. The molecule has 1 saturated heterocycles. The van der Waals surface area contributed by atoms with Crippen molar-refractivity contribution in [2.45, 2.75) is 18.9 Å². The van der Waals surface area contributed by atoms with Crippen LogP contribution < -0.4 is 5.56 Å². The molecule has 0 spiro atoms. The molecule has 3 heterocycles. The highest BCUT2D eigenvalue weighted by Crippen LogP contribution is 2.34. The van der Waals surface area contributed by atoms with Gasteiger partial charge in [-0.25, -0.2) is 0 Å². The van der Waals surface area contributed by atoms with Gasteiger partial charge in [-0.1, -0.05) is 12.0 Å². The highest BCUT2D eigenvalue weighted by Gasteiger charge is 2.35. The predicted molar refractivity (Wildman–Crippen MR) is 77.8 cm³/mol. The van der Waals surface area contributed by atoms with Crippen LogP contribution in [0.2, 0.25) is 0 Å². The first kappa shape index (κ1) is 13.9. The molecule has 2 aliphatic rings. The molecule has 5 heteroatoms. The Balaban J connectivity index is 1.72. The van der Waals surface area contributed by atoms with E-state index in [2.05, 4.69) is 10.8 Å². The number of nitrogens with zero attached hydrogens (tertiary/aromatic N) is 2. The molecule has 21 heavy (non-hydrogen) atoms. The zero-order chi connectivity index (χ0) is 14.8. The summed E-state index contributed by atoms with van der Waals surface area (Å²) in [6.07, 6.45) is 6.16. The Morgan fingerprint density at radius 3 is 3.05 bits per heavy atom. The van der Waals surface area contributed by atoms with Crippen LogP contribution in [0.5, 0.6) is 0 Å². The lowest BCUT2D eigenvalue weighted by Crippen LogP contribution is -2.48. The Bertz CT molecular complexity index is 644. The van der Waals surface area contributed by atoms with Crippen LogP contribution in [0.15, 0.2) is 23.0 Å². The van der Waals surface area contributed by atoms with E-state index in [1.807, 2.05) is 16.7 Å². The van der Waals surface area contributed by atoms with Crippen molar-refractivity contribution >= 4 is 5.97 Å². The van der Waals surface area contributed by atoms with Gasteiger partial charge in [-0.2, -0.15) is 0 Å². The molecule has 0 radical (unpaired) electrons. The molecule has 2 aliphatic heterocycles. The molecule has 1 aromatic heterocycles. The van der Waals surface area contributed by atoms with Gasteiger partial charge in [-0.15, -0.1) is 6.42 Å². The van der Waals surface area contributed by atoms with Crippen molar-refractivity contribution in [3.05, 3.63) is 34.2 Å². The molecule has 1 fully saturated rings. The van der Waals surface area contributed by atoms with Crippen LogP contribution in [-0.2, 0) is 16.1 Å². The molecule has 0 aliphatic carbocycles. The molecule has 2 atom stereocenters. The number of carbonyl (C=O) groups excluding carboxylic acids is 1. The third-order valence-electron chi connectivity index (χ3n) is 4.22. The van der Waals surface area contributed by atoms with Gasteiger partial charge in [0.25, 0.3) is 5.56 Å². The summed E-state index contributed by atoms with van der Waals surface area (Å²) in [6.45, 7) is 2.64. The lowest BCUT2D eigenvalue weighted by atomic mass is 9.83. The van der Waals surface area contributed by atoms with Crippen molar-refractivity contribution in [2.24, 2.45) is 5.92 Å². The summed E-state index contributed by atoms with van der Waals surface area (Å²) in [4.78, 5) is 25.7. The number of pyridine rings is 1. The summed E-state index contributed by atoms with van der Waals surface area (Å²) in [5.41, 5.74) is 1.16. The van der Waals surface area contributed by atoms with Crippen LogP contribution in [0.3, 0.4) is 0 Å². The van der Waals surface area contributed by atoms with Crippen LogP contribution in [0, 0.1) is 18.3 Å². The average Bonchev–Trinajstić information content (AvgIpc) is 2.46. The van der Waals surface area contributed by atoms with Crippen molar-refractivity contribution < 1.29 is 9.53 Å². The molecule has 0 N–H and O–H groups in total. The molecule has 110 valence electrons. The fourth-order valence-corrected chi connectivity index (χ4v) is 3.48. The molecule has 0 amide bonds. The van der Waals surface area contributed by atoms with E-state index in [4.69, 9.17) is 11.2 Å². The van der Waals surface area contributed by atoms with Crippen LogP contribution in [0.25, 0.3) is 0 Å². The van der Waals surface area contributed by atoms with Gasteiger partial charge in [-0.05, 0) is 18.4 Å². The molecular weight excluding hydrogens is 268 g/mol. The molecule has 0 unspecified atom stereocenters. The van der Waals surface area contributed by atoms with E-state index in [-0.39, 0.29) is 24.7 Å². The van der Waals surface area contributed by atoms with E-state index in [0.717, 1.165) is 31.7 Å². The molecule has 3 rings (SSSR count). The second-order valence-corrected chi connectivity index (χ2v) is 5.76. The van der Waals surface area contributed by atoms with E-state index in [1.54, 1.807) is 6.07 Å². The molecule has 0 saturated carbocycles. The topological polar surface area (TPSA) is 51.5 Å². The number of rotatable bonds is 3. The normalized spacial score (nSPS) is 24.0. The first-order valence-corrected chi connectivity index (χ1v) is 7.18. The Morgan fingerprint density at radius 2 is 2.24 bits per heavy atom. The highest BCUT2D eigenvalue weighted by atomic mass is 16.5. The van der Waals surface area contributed by atoms with Gasteiger partial charge in [-0.3, -0.25) is 14.5 Å². The first-order chi connectivity index (χ1) is 10.2. The summed E-state index contributed by atoms with van der Waals surface area (Å²) in [6, 6.07) is 5.44. The molecule has 1 aromatic rings. The van der Waals surface area contributed by atoms with Crippen LogP contribution in [-0.4, -0.2) is 41.7 Å². The Hall–Kier alpha value is -2.06. The summed E-state index contributed by atoms with van der Waals surface area (Å²) >= 11 is 0. The fraction of sp³-hybridized carbons (Fsp3) is 0.500. The van der Waals surface area contributed by atoms with Crippen molar-refractivity contribution in [2.75, 3.05) is 26.2 Å². The summed E-state index contributed by atoms with van der Waals surface area (Å²) < 4.78 is 6.81. The molecule has 2 bridgehead atoms. The van der Waals surface area contributed by atoms with Gasteiger partial charge in [0.1, 0.15) is 0 Å². The highest BCUT2D eigenvalue weighted by molar-refractivity contribution is 5.71. The van der Waals surface area contributed by atoms with E-state index >= 15 is 0 Å². The Kier molecular flexibility index (Phi) is 3.80.